The number of ether oxygens (including phenoxy) is 1. The summed E-state index contributed by atoms with van der Waals surface area (Å²) in [5.74, 6) is 0.175. The fourth-order valence-corrected chi connectivity index (χ4v) is 2.67. The lowest BCUT2D eigenvalue weighted by Gasteiger charge is -2.22. The van der Waals surface area contributed by atoms with E-state index in [4.69, 9.17) is 4.74 Å². The molecule has 3 nitrogen and oxygen atoms in total. The largest absolute Gasteiger partial charge is 0.462 e. The number of rotatable bonds is 1. The van der Waals surface area contributed by atoms with Gasteiger partial charge >= 0.3 is 5.97 Å². The Kier molecular flexibility index (Phi) is 3.75. The molecule has 1 aliphatic heterocycles. The number of carbonyl (C=O) groups is 2. The van der Waals surface area contributed by atoms with Crippen LogP contribution < -0.4 is 0 Å². The van der Waals surface area contributed by atoms with Crippen LogP contribution in [0.3, 0.4) is 0 Å². The van der Waals surface area contributed by atoms with Crippen molar-refractivity contribution in [2.45, 2.75) is 44.6 Å². The van der Waals surface area contributed by atoms with E-state index in [9.17, 15) is 9.59 Å². The predicted molar refractivity (Wildman–Crippen MR) is 59.8 cm³/mol. The maximum atomic E-state index is 11.5. The number of hydrogen-bond donors (Lipinski definition) is 0. The second-order valence-electron chi connectivity index (χ2n) is 4.67. The molecule has 2 rings (SSSR count). The molecule has 0 aromatic heterocycles. The van der Waals surface area contributed by atoms with Gasteiger partial charge in [0.05, 0.1) is 0 Å². The highest BCUT2D eigenvalue weighted by atomic mass is 16.5. The first-order valence-electron chi connectivity index (χ1n) is 6.11. The fourth-order valence-electron chi connectivity index (χ4n) is 2.67. The van der Waals surface area contributed by atoms with E-state index in [2.05, 4.69) is 12.2 Å². The third kappa shape index (κ3) is 2.52. The Morgan fingerprint density at radius 1 is 1.31 bits per heavy atom. The van der Waals surface area contributed by atoms with Gasteiger partial charge in [0.2, 0.25) is 0 Å². The molecule has 3 atom stereocenters. The summed E-state index contributed by atoms with van der Waals surface area (Å²) in [4.78, 5) is 22.4. The molecule has 1 aliphatic carbocycles. The maximum absolute atomic E-state index is 11.5. The summed E-state index contributed by atoms with van der Waals surface area (Å²) in [5.41, 5.74) is 0. The molecule has 0 bridgehead atoms. The van der Waals surface area contributed by atoms with Crippen molar-refractivity contribution in [2.75, 3.05) is 0 Å². The molecule has 1 fully saturated rings. The number of aldehydes is 1. The zero-order valence-corrected chi connectivity index (χ0v) is 9.43. The summed E-state index contributed by atoms with van der Waals surface area (Å²) in [5, 5.41) is 0. The van der Waals surface area contributed by atoms with Crippen molar-refractivity contribution in [3.05, 3.63) is 12.2 Å². The Labute approximate surface area is 95.9 Å². The molecule has 0 saturated heterocycles. The normalized spacial score (nSPS) is 37.2. The first-order valence-corrected chi connectivity index (χ1v) is 6.11. The number of fused-ring (bicyclic) bond motifs is 1. The van der Waals surface area contributed by atoms with Crippen molar-refractivity contribution < 1.29 is 14.3 Å². The van der Waals surface area contributed by atoms with Gasteiger partial charge in [0.1, 0.15) is 12.4 Å². The Morgan fingerprint density at radius 2 is 2.19 bits per heavy atom. The summed E-state index contributed by atoms with van der Waals surface area (Å²) in [6.07, 6.45) is 10.1. The van der Waals surface area contributed by atoms with Crippen LogP contribution in [0.2, 0.25) is 0 Å². The van der Waals surface area contributed by atoms with E-state index in [1.54, 1.807) is 0 Å². The zero-order chi connectivity index (χ0) is 11.4. The van der Waals surface area contributed by atoms with Crippen LogP contribution >= 0.6 is 0 Å². The summed E-state index contributed by atoms with van der Waals surface area (Å²) in [6.45, 7) is 0. The van der Waals surface area contributed by atoms with E-state index < -0.39 is 0 Å². The minimum Gasteiger partial charge on any atom is -0.462 e. The van der Waals surface area contributed by atoms with Gasteiger partial charge in [-0.05, 0) is 32.1 Å². The minimum absolute atomic E-state index is 0.0366. The molecule has 0 N–H and O–H groups in total. The van der Waals surface area contributed by atoms with Crippen LogP contribution in [0, 0.1) is 11.8 Å². The maximum Gasteiger partial charge on any atom is 0.306 e. The number of hydrogen-bond acceptors (Lipinski definition) is 3. The Bertz CT molecular complexity index is 296. The van der Waals surface area contributed by atoms with Gasteiger partial charge in [-0.25, -0.2) is 0 Å². The van der Waals surface area contributed by atoms with Crippen LogP contribution in [0.5, 0.6) is 0 Å². The van der Waals surface area contributed by atoms with E-state index >= 15 is 0 Å². The highest BCUT2D eigenvalue weighted by Crippen LogP contribution is 2.36. The van der Waals surface area contributed by atoms with E-state index in [1.165, 1.54) is 0 Å². The summed E-state index contributed by atoms with van der Waals surface area (Å²) >= 11 is 0. The molecule has 0 radical (unpaired) electrons. The molecule has 16 heavy (non-hydrogen) atoms. The topological polar surface area (TPSA) is 43.4 Å². The van der Waals surface area contributed by atoms with Gasteiger partial charge in [-0.3, -0.25) is 4.79 Å². The predicted octanol–water partition coefficient (Wildman–Crippen LogP) is 2.25. The van der Waals surface area contributed by atoms with Crippen LogP contribution in [0.25, 0.3) is 0 Å². The van der Waals surface area contributed by atoms with Crippen molar-refractivity contribution in [1.82, 2.24) is 0 Å². The van der Waals surface area contributed by atoms with E-state index in [0.717, 1.165) is 38.4 Å². The van der Waals surface area contributed by atoms with E-state index in [-0.39, 0.29) is 23.9 Å². The van der Waals surface area contributed by atoms with Crippen LogP contribution in [0.4, 0.5) is 0 Å². The lowest BCUT2D eigenvalue weighted by molar-refractivity contribution is -0.151. The average Bonchev–Trinajstić information content (AvgIpc) is 2.66. The standard InChI is InChI=1S/C13H18O3/c14-9-10-7-8-12-11(10)5-3-1-2-4-6-13(15)16-12/h1,3,9-12H,2,4-8H2/b3-1-/t10-,11-,12+/m1/s1. The smallest absolute Gasteiger partial charge is 0.306 e. The van der Waals surface area contributed by atoms with E-state index in [0.29, 0.717) is 6.42 Å². The third-order valence-corrected chi connectivity index (χ3v) is 3.60. The Balaban J connectivity index is 2.09. The molecule has 3 heteroatoms. The molecule has 0 unspecified atom stereocenters. The molecule has 0 amide bonds. The van der Waals surface area contributed by atoms with Gasteiger partial charge in [0, 0.05) is 18.3 Å². The molecular formula is C13H18O3. The van der Waals surface area contributed by atoms with Crippen molar-refractivity contribution in [1.29, 1.82) is 0 Å². The highest BCUT2D eigenvalue weighted by molar-refractivity contribution is 5.69. The second kappa shape index (κ2) is 5.28. The minimum atomic E-state index is -0.100. The monoisotopic (exact) mass is 222 g/mol. The molecule has 1 heterocycles. The molecular weight excluding hydrogens is 204 g/mol. The zero-order valence-electron chi connectivity index (χ0n) is 9.43. The first kappa shape index (κ1) is 11.4. The molecule has 0 aromatic carbocycles. The molecule has 0 aromatic rings. The molecule has 1 saturated carbocycles. The Hall–Kier alpha value is -1.12. The summed E-state index contributed by atoms with van der Waals surface area (Å²) in [7, 11) is 0. The van der Waals surface area contributed by atoms with Gasteiger partial charge in [-0.1, -0.05) is 12.2 Å². The average molecular weight is 222 g/mol. The number of esters is 1. The highest BCUT2D eigenvalue weighted by Gasteiger charge is 2.37. The van der Waals surface area contributed by atoms with Crippen molar-refractivity contribution in [3.63, 3.8) is 0 Å². The lowest BCUT2D eigenvalue weighted by atomic mass is 9.92. The Morgan fingerprint density at radius 3 is 3.00 bits per heavy atom. The van der Waals surface area contributed by atoms with Crippen molar-refractivity contribution in [3.8, 4) is 0 Å². The van der Waals surface area contributed by atoms with Gasteiger partial charge in [0.15, 0.2) is 0 Å². The molecule has 0 spiro atoms. The SMILES string of the molecule is O=C[C@H]1CC[C@@H]2OC(=O)CCC/C=C\C[C@@H]21. The molecule has 2 aliphatic rings. The lowest BCUT2D eigenvalue weighted by Crippen LogP contribution is -2.25. The van der Waals surface area contributed by atoms with Gasteiger partial charge in [0.25, 0.3) is 0 Å². The van der Waals surface area contributed by atoms with Gasteiger partial charge in [-0.2, -0.15) is 0 Å². The first-order chi connectivity index (χ1) is 7.81. The number of allylic oxidation sites excluding steroid dienone is 2. The fraction of sp³-hybridized carbons (Fsp3) is 0.692. The van der Waals surface area contributed by atoms with Crippen LogP contribution in [0.15, 0.2) is 12.2 Å². The second-order valence-corrected chi connectivity index (χ2v) is 4.67. The van der Waals surface area contributed by atoms with Crippen molar-refractivity contribution >= 4 is 12.3 Å². The van der Waals surface area contributed by atoms with Crippen molar-refractivity contribution in [2.24, 2.45) is 11.8 Å². The van der Waals surface area contributed by atoms with Crippen LogP contribution in [0.1, 0.15) is 38.5 Å². The number of carbonyl (C=O) groups excluding carboxylic acids is 2. The van der Waals surface area contributed by atoms with Gasteiger partial charge < -0.3 is 9.53 Å². The van der Waals surface area contributed by atoms with E-state index in [1.807, 2.05) is 0 Å². The quantitative estimate of drug-likeness (QED) is 0.388. The van der Waals surface area contributed by atoms with Gasteiger partial charge in [-0.15, -0.1) is 0 Å². The molecule has 88 valence electrons. The third-order valence-electron chi connectivity index (χ3n) is 3.60. The van der Waals surface area contributed by atoms with Crippen LogP contribution in [-0.4, -0.2) is 18.4 Å². The van der Waals surface area contributed by atoms with Crippen LogP contribution in [-0.2, 0) is 14.3 Å². The summed E-state index contributed by atoms with van der Waals surface area (Å²) in [6, 6.07) is 0. The summed E-state index contributed by atoms with van der Waals surface area (Å²) < 4.78 is 5.45.